The van der Waals surface area contributed by atoms with E-state index in [0.717, 1.165) is 24.0 Å². The third kappa shape index (κ3) is 2.66. The average Bonchev–Trinajstić information content (AvgIpc) is 2.98. The number of hydrogen-bond donors (Lipinski definition) is 1. The van der Waals surface area contributed by atoms with E-state index in [-0.39, 0.29) is 5.91 Å². The summed E-state index contributed by atoms with van der Waals surface area (Å²) in [7, 11) is 0. The van der Waals surface area contributed by atoms with Gasteiger partial charge in [0.15, 0.2) is 0 Å². The standard InChI is InChI=1S/C20H18N2O/c23-20(11-10-15-6-2-1-3-7-15)22-13-12-17-16-8-4-5-9-18(16)21-19(17)14-22/h1-11,21H,12-14H2. The summed E-state index contributed by atoms with van der Waals surface area (Å²) in [6, 6.07) is 18.3. The predicted octanol–water partition coefficient (Wildman–Crippen LogP) is 3.77. The Morgan fingerprint density at radius 3 is 2.70 bits per heavy atom. The van der Waals surface area contributed by atoms with E-state index in [1.54, 1.807) is 6.08 Å². The van der Waals surface area contributed by atoms with Crippen molar-refractivity contribution in [3.63, 3.8) is 0 Å². The first-order valence-corrected chi connectivity index (χ1v) is 7.92. The van der Waals surface area contributed by atoms with E-state index in [4.69, 9.17) is 0 Å². The van der Waals surface area contributed by atoms with Crippen LogP contribution in [0.5, 0.6) is 0 Å². The molecule has 0 unspecified atom stereocenters. The second kappa shape index (κ2) is 5.76. The minimum absolute atomic E-state index is 0.0677. The van der Waals surface area contributed by atoms with Gasteiger partial charge in [-0.25, -0.2) is 0 Å². The fraction of sp³-hybridized carbons (Fsp3) is 0.150. The van der Waals surface area contributed by atoms with Crippen molar-refractivity contribution in [3.8, 4) is 0 Å². The highest BCUT2D eigenvalue weighted by Crippen LogP contribution is 2.27. The number of H-pyrrole nitrogens is 1. The third-order valence-electron chi connectivity index (χ3n) is 4.41. The van der Waals surface area contributed by atoms with Crippen LogP contribution in [0.1, 0.15) is 16.8 Å². The van der Waals surface area contributed by atoms with Gasteiger partial charge in [-0.15, -0.1) is 0 Å². The van der Waals surface area contributed by atoms with Crippen LogP contribution in [0.3, 0.4) is 0 Å². The van der Waals surface area contributed by atoms with Crippen LogP contribution in [0.2, 0.25) is 0 Å². The average molecular weight is 302 g/mol. The van der Waals surface area contributed by atoms with Gasteiger partial charge < -0.3 is 9.88 Å². The molecule has 114 valence electrons. The van der Waals surface area contributed by atoms with Gasteiger partial charge in [-0.2, -0.15) is 0 Å². The van der Waals surface area contributed by atoms with Gasteiger partial charge in [-0.05, 0) is 29.7 Å². The number of carbonyl (C=O) groups excluding carboxylic acids is 1. The maximum absolute atomic E-state index is 12.4. The van der Waals surface area contributed by atoms with E-state index >= 15 is 0 Å². The maximum Gasteiger partial charge on any atom is 0.246 e. The molecule has 0 saturated heterocycles. The largest absolute Gasteiger partial charge is 0.357 e. The zero-order chi connectivity index (χ0) is 15.6. The molecule has 3 heteroatoms. The topological polar surface area (TPSA) is 36.1 Å². The van der Waals surface area contributed by atoms with Crippen LogP contribution in [0.4, 0.5) is 0 Å². The number of para-hydroxylation sites is 1. The second-order valence-electron chi connectivity index (χ2n) is 5.88. The number of aromatic nitrogens is 1. The SMILES string of the molecule is O=C(C=Cc1ccccc1)N1CCc2c([nH]c3ccccc23)C1. The number of nitrogens with one attached hydrogen (secondary N) is 1. The second-order valence-corrected chi connectivity index (χ2v) is 5.88. The molecule has 1 aliphatic rings. The van der Waals surface area contributed by atoms with E-state index in [1.165, 1.54) is 16.6 Å². The van der Waals surface area contributed by atoms with Crippen molar-refractivity contribution < 1.29 is 4.79 Å². The van der Waals surface area contributed by atoms with Gasteiger partial charge in [-0.1, -0.05) is 48.5 Å². The van der Waals surface area contributed by atoms with Crippen molar-refractivity contribution in [1.29, 1.82) is 0 Å². The van der Waals surface area contributed by atoms with Crippen LogP contribution in [0.25, 0.3) is 17.0 Å². The number of benzene rings is 2. The minimum atomic E-state index is 0.0677. The molecular weight excluding hydrogens is 284 g/mol. The van der Waals surface area contributed by atoms with Gasteiger partial charge in [0.05, 0.1) is 6.54 Å². The molecule has 1 amide bonds. The van der Waals surface area contributed by atoms with Crippen LogP contribution in [-0.2, 0) is 17.8 Å². The summed E-state index contributed by atoms with van der Waals surface area (Å²) < 4.78 is 0. The quantitative estimate of drug-likeness (QED) is 0.719. The van der Waals surface area contributed by atoms with Gasteiger partial charge in [0.2, 0.25) is 5.91 Å². The molecule has 0 spiro atoms. The zero-order valence-corrected chi connectivity index (χ0v) is 12.8. The normalized spacial score (nSPS) is 14.3. The number of hydrogen-bond acceptors (Lipinski definition) is 1. The van der Waals surface area contributed by atoms with Crippen LogP contribution < -0.4 is 0 Å². The summed E-state index contributed by atoms with van der Waals surface area (Å²) >= 11 is 0. The molecule has 2 aromatic carbocycles. The lowest BCUT2D eigenvalue weighted by Gasteiger charge is -2.26. The van der Waals surface area contributed by atoms with Gasteiger partial charge in [-0.3, -0.25) is 4.79 Å². The van der Waals surface area contributed by atoms with Gasteiger partial charge in [0.25, 0.3) is 0 Å². The lowest BCUT2D eigenvalue weighted by molar-refractivity contribution is -0.126. The number of nitrogens with zero attached hydrogens (tertiary/aromatic N) is 1. The van der Waals surface area contributed by atoms with Crippen molar-refractivity contribution in [2.24, 2.45) is 0 Å². The lowest BCUT2D eigenvalue weighted by Crippen LogP contribution is -2.34. The number of aromatic amines is 1. The molecule has 0 aliphatic carbocycles. The van der Waals surface area contributed by atoms with E-state index in [9.17, 15) is 4.79 Å². The predicted molar refractivity (Wildman–Crippen MR) is 92.9 cm³/mol. The Morgan fingerprint density at radius 2 is 1.83 bits per heavy atom. The number of rotatable bonds is 2. The molecule has 0 radical (unpaired) electrons. The summed E-state index contributed by atoms with van der Waals surface area (Å²) in [5.74, 6) is 0.0677. The van der Waals surface area contributed by atoms with E-state index < -0.39 is 0 Å². The van der Waals surface area contributed by atoms with E-state index in [1.807, 2.05) is 47.4 Å². The summed E-state index contributed by atoms with van der Waals surface area (Å²) in [6.45, 7) is 1.43. The van der Waals surface area contributed by atoms with Crippen molar-refractivity contribution in [2.45, 2.75) is 13.0 Å². The molecule has 0 atom stereocenters. The summed E-state index contributed by atoms with van der Waals surface area (Å²) in [6.07, 6.45) is 4.45. The zero-order valence-electron chi connectivity index (χ0n) is 12.8. The van der Waals surface area contributed by atoms with Gasteiger partial charge in [0, 0.05) is 29.2 Å². The van der Waals surface area contributed by atoms with E-state index in [2.05, 4.69) is 23.2 Å². The first-order chi connectivity index (χ1) is 11.3. The third-order valence-corrected chi connectivity index (χ3v) is 4.41. The van der Waals surface area contributed by atoms with Crippen LogP contribution in [0.15, 0.2) is 60.7 Å². The summed E-state index contributed by atoms with van der Waals surface area (Å²) in [5.41, 5.74) is 4.73. The smallest absolute Gasteiger partial charge is 0.246 e. The molecule has 3 aromatic rings. The van der Waals surface area contributed by atoms with Crippen LogP contribution in [-0.4, -0.2) is 22.3 Å². The highest BCUT2D eigenvalue weighted by atomic mass is 16.2. The molecule has 2 heterocycles. The molecule has 1 N–H and O–H groups in total. The number of amides is 1. The Morgan fingerprint density at radius 1 is 1.04 bits per heavy atom. The molecule has 0 bridgehead atoms. The molecule has 0 fully saturated rings. The molecule has 23 heavy (non-hydrogen) atoms. The summed E-state index contributed by atoms with van der Waals surface area (Å²) in [4.78, 5) is 17.8. The van der Waals surface area contributed by atoms with Gasteiger partial charge >= 0.3 is 0 Å². The lowest BCUT2D eigenvalue weighted by atomic mass is 10.0. The fourth-order valence-corrected chi connectivity index (χ4v) is 3.22. The fourth-order valence-electron chi connectivity index (χ4n) is 3.22. The first-order valence-electron chi connectivity index (χ1n) is 7.92. The molecule has 3 nitrogen and oxygen atoms in total. The Kier molecular flexibility index (Phi) is 3.46. The van der Waals surface area contributed by atoms with Crippen LogP contribution in [0, 0.1) is 0 Å². The Labute approximate surface area is 135 Å². The first kappa shape index (κ1) is 13.8. The Bertz CT molecular complexity index is 877. The molecule has 4 rings (SSSR count). The molecule has 1 aliphatic heterocycles. The van der Waals surface area contributed by atoms with Crippen molar-refractivity contribution in [3.05, 3.63) is 77.5 Å². The van der Waals surface area contributed by atoms with E-state index in [0.29, 0.717) is 6.54 Å². The highest BCUT2D eigenvalue weighted by molar-refractivity contribution is 5.92. The van der Waals surface area contributed by atoms with Crippen LogP contribution >= 0.6 is 0 Å². The van der Waals surface area contributed by atoms with Gasteiger partial charge in [0.1, 0.15) is 0 Å². The Balaban J connectivity index is 1.53. The Hall–Kier alpha value is -2.81. The summed E-state index contributed by atoms with van der Waals surface area (Å²) in [5, 5.41) is 1.29. The maximum atomic E-state index is 12.4. The minimum Gasteiger partial charge on any atom is -0.357 e. The van der Waals surface area contributed by atoms with Crippen molar-refractivity contribution >= 4 is 22.9 Å². The molecular formula is C20H18N2O. The van der Waals surface area contributed by atoms with Crippen molar-refractivity contribution in [2.75, 3.05) is 6.54 Å². The number of carbonyl (C=O) groups is 1. The van der Waals surface area contributed by atoms with Crippen molar-refractivity contribution in [1.82, 2.24) is 9.88 Å². The molecule has 0 saturated carbocycles. The molecule has 1 aromatic heterocycles. The highest BCUT2D eigenvalue weighted by Gasteiger charge is 2.22. The monoisotopic (exact) mass is 302 g/mol. The number of fused-ring (bicyclic) bond motifs is 3.